The molecule has 3 aromatic rings. The van der Waals surface area contributed by atoms with Gasteiger partial charge >= 0.3 is 0 Å². The second kappa shape index (κ2) is 5.89. The third-order valence-corrected chi connectivity index (χ3v) is 3.37. The number of hydrogen-bond acceptors (Lipinski definition) is 4. The first-order chi connectivity index (χ1) is 10.7. The van der Waals surface area contributed by atoms with Crippen LogP contribution in [0.2, 0.25) is 0 Å². The van der Waals surface area contributed by atoms with Crippen molar-refractivity contribution in [2.24, 2.45) is 0 Å². The summed E-state index contributed by atoms with van der Waals surface area (Å²) in [6.45, 7) is 0. The van der Waals surface area contributed by atoms with Crippen LogP contribution in [0.1, 0.15) is 0 Å². The third kappa shape index (κ3) is 2.65. The van der Waals surface area contributed by atoms with E-state index in [1.807, 2.05) is 18.2 Å². The molecule has 0 bridgehead atoms. The van der Waals surface area contributed by atoms with Crippen LogP contribution in [-0.4, -0.2) is 19.2 Å². The maximum absolute atomic E-state index is 13.5. The fourth-order valence-corrected chi connectivity index (χ4v) is 2.30. The van der Waals surface area contributed by atoms with Gasteiger partial charge in [0.15, 0.2) is 11.5 Å². The van der Waals surface area contributed by atoms with Gasteiger partial charge in [-0.05, 0) is 36.4 Å². The van der Waals surface area contributed by atoms with E-state index in [9.17, 15) is 4.39 Å². The summed E-state index contributed by atoms with van der Waals surface area (Å²) in [6, 6.07) is 11.8. The molecule has 4 nitrogen and oxygen atoms in total. The molecule has 5 heteroatoms. The smallest absolute Gasteiger partial charge is 0.162 e. The monoisotopic (exact) mass is 298 g/mol. The highest BCUT2D eigenvalue weighted by Gasteiger charge is 2.07. The fraction of sp³-hybridized carbons (Fsp3) is 0.118. The van der Waals surface area contributed by atoms with E-state index in [0.717, 1.165) is 22.3 Å². The standard InChI is InChI=1S/C17H15FN2O2/c1-21-16-6-4-12(10-17(16)22-2)20-15-7-8-19-14-5-3-11(18)9-13(14)15/h3-10H,1-2H3,(H,19,20). The Kier molecular flexibility index (Phi) is 3.78. The largest absolute Gasteiger partial charge is 0.493 e. The van der Waals surface area contributed by atoms with Crippen molar-refractivity contribution in [1.29, 1.82) is 0 Å². The van der Waals surface area contributed by atoms with Gasteiger partial charge in [-0.25, -0.2) is 4.39 Å². The fourth-order valence-electron chi connectivity index (χ4n) is 2.30. The van der Waals surface area contributed by atoms with Gasteiger partial charge < -0.3 is 14.8 Å². The zero-order chi connectivity index (χ0) is 15.5. The van der Waals surface area contributed by atoms with Gasteiger partial charge in [0, 0.05) is 29.0 Å². The van der Waals surface area contributed by atoms with Gasteiger partial charge in [-0.2, -0.15) is 0 Å². The van der Waals surface area contributed by atoms with Crippen LogP contribution in [0.15, 0.2) is 48.7 Å². The highest BCUT2D eigenvalue weighted by Crippen LogP contribution is 2.32. The molecule has 22 heavy (non-hydrogen) atoms. The van der Waals surface area contributed by atoms with Crippen LogP contribution in [-0.2, 0) is 0 Å². The van der Waals surface area contributed by atoms with Crippen molar-refractivity contribution in [3.05, 3.63) is 54.5 Å². The van der Waals surface area contributed by atoms with Gasteiger partial charge in [-0.15, -0.1) is 0 Å². The number of ether oxygens (including phenoxy) is 2. The number of fused-ring (bicyclic) bond motifs is 1. The van der Waals surface area contributed by atoms with Gasteiger partial charge in [0.25, 0.3) is 0 Å². The van der Waals surface area contributed by atoms with E-state index >= 15 is 0 Å². The molecule has 0 aliphatic carbocycles. The van der Waals surface area contributed by atoms with Crippen molar-refractivity contribution in [1.82, 2.24) is 4.98 Å². The normalized spacial score (nSPS) is 10.5. The lowest BCUT2D eigenvalue weighted by atomic mass is 10.1. The number of anilines is 2. The molecule has 0 saturated carbocycles. The van der Waals surface area contributed by atoms with Gasteiger partial charge in [-0.3, -0.25) is 4.98 Å². The van der Waals surface area contributed by atoms with Crippen LogP contribution < -0.4 is 14.8 Å². The number of rotatable bonds is 4. The van der Waals surface area contributed by atoms with E-state index in [0.29, 0.717) is 11.5 Å². The summed E-state index contributed by atoms with van der Waals surface area (Å²) in [5, 5.41) is 3.98. The third-order valence-electron chi connectivity index (χ3n) is 3.37. The lowest BCUT2D eigenvalue weighted by Gasteiger charge is -2.12. The lowest BCUT2D eigenvalue weighted by molar-refractivity contribution is 0.355. The maximum atomic E-state index is 13.5. The Morgan fingerprint density at radius 3 is 2.55 bits per heavy atom. The Bertz CT molecular complexity index is 821. The first-order valence-electron chi connectivity index (χ1n) is 6.74. The lowest BCUT2D eigenvalue weighted by Crippen LogP contribution is -1.95. The molecule has 1 heterocycles. The van der Waals surface area contributed by atoms with E-state index in [2.05, 4.69) is 10.3 Å². The Morgan fingerprint density at radius 2 is 1.77 bits per heavy atom. The van der Waals surface area contributed by atoms with Gasteiger partial charge in [0.1, 0.15) is 5.82 Å². The van der Waals surface area contributed by atoms with Crippen LogP contribution in [0.4, 0.5) is 15.8 Å². The molecule has 0 aliphatic rings. The Labute approximate surface area is 127 Å². The average Bonchev–Trinajstić information content (AvgIpc) is 2.55. The molecular formula is C17H15FN2O2. The highest BCUT2D eigenvalue weighted by molar-refractivity contribution is 5.92. The van der Waals surface area contributed by atoms with E-state index in [1.54, 1.807) is 32.5 Å². The summed E-state index contributed by atoms with van der Waals surface area (Å²) in [7, 11) is 3.17. The molecule has 2 aromatic carbocycles. The molecule has 112 valence electrons. The number of nitrogens with zero attached hydrogens (tertiary/aromatic N) is 1. The summed E-state index contributed by atoms with van der Waals surface area (Å²) in [5.74, 6) is 0.978. The molecule has 0 unspecified atom stereocenters. The van der Waals surface area contributed by atoms with Gasteiger partial charge in [-0.1, -0.05) is 0 Å². The maximum Gasteiger partial charge on any atom is 0.162 e. The average molecular weight is 298 g/mol. The molecule has 0 aliphatic heterocycles. The summed E-state index contributed by atoms with van der Waals surface area (Å²) >= 11 is 0. The molecule has 3 rings (SSSR count). The molecule has 1 aromatic heterocycles. The van der Waals surface area contributed by atoms with Crippen molar-refractivity contribution < 1.29 is 13.9 Å². The predicted octanol–water partition coefficient (Wildman–Crippen LogP) is 4.13. The SMILES string of the molecule is COc1ccc(Nc2ccnc3ccc(F)cc23)cc1OC. The van der Waals surface area contributed by atoms with Crippen molar-refractivity contribution in [3.63, 3.8) is 0 Å². The Morgan fingerprint density at radius 1 is 0.955 bits per heavy atom. The van der Waals surface area contributed by atoms with Crippen LogP contribution in [0, 0.1) is 5.82 Å². The van der Waals surface area contributed by atoms with Crippen molar-refractivity contribution in [3.8, 4) is 11.5 Å². The van der Waals surface area contributed by atoms with Gasteiger partial charge in [0.2, 0.25) is 0 Å². The molecule has 0 radical (unpaired) electrons. The number of halogens is 1. The molecule has 0 atom stereocenters. The number of benzene rings is 2. The molecule has 0 saturated heterocycles. The van der Waals surface area contributed by atoms with Crippen molar-refractivity contribution in [2.45, 2.75) is 0 Å². The summed E-state index contributed by atoms with van der Waals surface area (Å²) < 4.78 is 24.0. The molecule has 0 amide bonds. The summed E-state index contributed by atoms with van der Waals surface area (Å²) in [4.78, 5) is 4.23. The van der Waals surface area contributed by atoms with E-state index in [-0.39, 0.29) is 5.82 Å². The number of aromatic nitrogens is 1. The molecular weight excluding hydrogens is 283 g/mol. The van der Waals surface area contributed by atoms with Crippen LogP contribution in [0.3, 0.4) is 0 Å². The minimum Gasteiger partial charge on any atom is -0.493 e. The van der Waals surface area contributed by atoms with Crippen LogP contribution >= 0.6 is 0 Å². The first kappa shape index (κ1) is 14.1. The summed E-state index contributed by atoms with van der Waals surface area (Å²) in [5.41, 5.74) is 2.32. The van der Waals surface area contributed by atoms with E-state index in [1.165, 1.54) is 12.1 Å². The summed E-state index contributed by atoms with van der Waals surface area (Å²) in [6.07, 6.45) is 1.68. The topological polar surface area (TPSA) is 43.4 Å². The first-order valence-corrected chi connectivity index (χ1v) is 6.74. The van der Waals surface area contributed by atoms with E-state index in [4.69, 9.17) is 9.47 Å². The number of hydrogen-bond donors (Lipinski definition) is 1. The number of nitrogens with one attached hydrogen (secondary N) is 1. The second-order valence-corrected chi connectivity index (χ2v) is 4.71. The minimum absolute atomic E-state index is 0.295. The molecule has 1 N–H and O–H groups in total. The van der Waals surface area contributed by atoms with Crippen molar-refractivity contribution in [2.75, 3.05) is 19.5 Å². The van der Waals surface area contributed by atoms with Gasteiger partial charge in [0.05, 0.1) is 19.7 Å². The van der Waals surface area contributed by atoms with Crippen molar-refractivity contribution >= 4 is 22.3 Å². The zero-order valence-corrected chi connectivity index (χ0v) is 12.3. The molecule has 0 spiro atoms. The second-order valence-electron chi connectivity index (χ2n) is 4.71. The highest BCUT2D eigenvalue weighted by atomic mass is 19.1. The predicted molar refractivity (Wildman–Crippen MR) is 84.5 cm³/mol. The zero-order valence-electron chi connectivity index (χ0n) is 12.3. The number of pyridine rings is 1. The molecule has 0 fully saturated rings. The van der Waals surface area contributed by atoms with Crippen LogP contribution in [0.5, 0.6) is 11.5 Å². The Hall–Kier alpha value is -2.82. The quantitative estimate of drug-likeness (QED) is 0.786. The Balaban J connectivity index is 2.01. The van der Waals surface area contributed by atoms with Crippen LogP contribution in [0.25, 0.3) is 10.9 Å². The minimum atomic E-state index is -0.295. The number of methoxy groups -OCH3 is 2. The van der Waals surface area contributed by atoms with E-state index < -0.39 is 0 Å².